The quantitative estimate of drug-likeness (QED) is 0.0367. The Labute approximate surface area is 685 Å². The van der Waals surface area contributed by atoms with E-state index in [1.165, 1.54) is 172 Å². The fourth-order valence-corrected chi connectivity index (χ4v) is 24.2. The van der Waals surface area contributed by atoms with Gasteiger partial charge in [-0.2, -0.15) is 0 Å². The van der Waals surface area contributed by atoms with Gasteiger partial charge in [0.05, 0.1) is 43.4 Å². The number of carboxylic acid groups (broad SMARTS) is 2. The lowest BCUT2D eigenvalue weighted by molar-refractivity contribution is -0.124. The van der Waals surface area contributed by atoms with Gasteiger partial charge in [0.1, 0.15) is 0 Å². The number of carbonyl (C=O) groups is 4. The van der Waals surface area contributed by atoms with E-state index in [1.807, 2.05) is 92.3 Å². The van der Waals surface area contributed by atoms with Gasteiger partial charge in [0, 0.05) is 61.9 Å². The molecule has 14 heteroatoms. The molecule has 0 radical (unpaired) electrons. The molecule has 6 aromatic heterocycles. The molecule has 0 saturated heterocycles. The number of amides is 2. The van der Waals surface area contributed by atoms with E-state index in [0.29, 0.717) is 35.4 Å². The molecule has 2 atom stereocenters. The molecule has 110 heavy (non-hydrogen) atoms. The van der Waals surface area contributed by atoms with Crippen molar-refractivity contribution in [2.75, 3.05) is 13.1 Å². The van der Waals surface area contributed by atoms with Crippen molar-refractivity contribution in [2.45, 2.75) is 313 Å². The van der Waals surface area contributed by atoms with Gasteiger partial charge in [-0.3, -0.25) is 9.59 Å². The number of fused-ring (bicyclic) bond motifs is 1. The average molecular weight is 1600 g/mol. The molecule has 8 aromatic rings. The van der Waals surface area contributed by atoms with E-state index in [-0.39, 0.29) is 23.7 Å². The van der Waals surface area contributed by atoms with Crippen LogP contribution in [0.3, 0.4) is 0 Å². The van der Waals surface area contributed by atoms with E-state index in [0.717, 1.165) is 186 Å². The third-order valence-electron chi connectivity index (χ3n) is 23.0. The largest absolute Gasteiger partial charge is 0.478 e. The lowest BCUT2D eigenvalue weighted by Gasteiger charge is -2.29. The highest BCUT2D eigenvalue weighted by atomic mass is 32.1. The molecular formula is C96H128N2O6S6. The molecule has 8 nitrogen and oxygen atoms in total. The number of benzene rings is 2. The molecule has 594 valence electrons. The second kappa shape index (κ2) is 44.0. The number of nitrogens with zero attached hydrogens (tertiary/aromatic N) is 2. The van der Waals surface area contributed by atoms with Crippen molar-refractivity contribution < 1.29 is 29.4 Å². The third kappa shape index (κ3) is 21.9. The molecule has 8 heterocycles. The Hall–Kier alpha value is -6.00. The van der Waals surface area contributed by atoms with Crippen LogP contribution in [0.2, 0.25) is 0 Å². The van der Waals surface area contributed by atoms with Crippen molar-refractivity contribution in [3.63, 3.8) is 0 Å². The zero-order chi connectivity index (χ0) is 78.1. The summed E-state index contributed by atoms with van der Waals surface area (Å²) in [5.41, 5.74) is 13.7. The van der Waals surface area contributed by atoms with E-state index in [2.05, 4.69) is 115 Å². The number of unbranched alkanes of at least 4 members (excludes halogenated alkanes) is 20. The minimum Gasteiger partial charge on any atom is -0.478 e. The summed E-state index contributed by atoms with van der Waals surface area (Å²) in [6.07, 6.45) is 41.6. The van der Waals surface area contributed by atoms with Crippen LogP contribution in [-0.4, -0.2) is 56.9 Å². The number of hydrogen-bond donors (Lipinski definition) is 2. The van der Waals surface area contributed by atoms with E-state index < -0.39 is 11.9 Å². The number of aryl methyl sites for hydroxylation is 6. The Morgan fingerprint density at radius 3 is 0.791 bits per heavy atom. The SMILES string of the molecule is CCCCCCc1cc(-c2sc(-c3sc(C4=C5C(=O)N(CC(CC)CCCC)C(c6cc(CCCCCC)c(-c7cc(CCCCCC)c(-c8cc(CCCCCC)c(-c9ccc(C(=O)O)cc9)s8)s7)s6)=C5C(=O)N4CC(CC)CCCC)cc3CCCCCC)cc2CCCCCC)sc1-c1ccc(C(=O)O)cc1. The topological polar surface area (TPSA) is 115 Å². The first-order chi connectivity index (χ1) is 53.6. The van der Waals surface area contributed by atoms with Crippen LogP contribution >= 0.6 is 68.0 Å². The van der Waals surface area contributed by atoms with Crippen molar-refractivity contribution in [2.24, 2.45) is 11.8 Å². The molecule has 0 spiro atoms. The van der Waals surface area contributed by atoms with E-state index in [9.17, 15) is 19.8 Å². The summed E-state index contributed by atoms with van der Waals surface area (Å²) >= 11 is 11.2. The summed E-state index contributed by atoms with van der Waals surface area (Å²) in [4.78, 5) is 76.8. The highest BCUT2D eigenvalue weighted by Crippen LogP contribution is 2.56. The van der Waals surface area contributed by atoms with Crippen LogP contribution in [0.25, 0.3) is 71.3 Å². The van der Waals surface area contributed by atoms with Crippen molar-refractivity contribution in [3.8, 4) is 59.9 Å². The maximum absolute atomic E-state index is 16.8. The van der Waals surface area contributed by atoms with Gasteiger partial charge in [0.25, 0.3) is 11.8 Å². The molecule has 10 rings (SSSR count). The molecule has 2 aliphatic rings. The molecule has 2 aromatic carbocycles. The van der Waals surface area contributed by atoms with Gasteiger partial charge in [-0.15, -0.1) is 68.0 Å². The highest BCUT2D eigenvalue weighted by molar-refractivity contribution is 7.28. The first kappa shape index (κ1) is 86.4. The van der Waals surface area contributed by atoms with Crippen LogP contribution in [0.5, 0.6) is 0 Å². The zero-order valence-corrected chi connectivity index (χ0v) is 73.3. The number of carboxylic acids is 2. The number of aromatic carboxylic acids is 2. The minimum atomic E-state index is -0.911. The second-order valence-electron chi connectivity index (χ2n) is 31.5. The molecule has 2 amide bonds. The molecule has 2 aliphatic heterocycles. The maximum atomic E-state index is 16.8. The molecule has 0 bridgehead atoms. The van der Waals surface area contributed by atoms with Gasteiger partial charge in [-0.05, 0) is 207 Å². The smallest absolute Gasteiger partial charge is 0.335 e. The molecule has 2 N–H and O–H groups in total. The Morgan fingerprint density at radius 1 is 0.309 bits per heavy atom. The van der Waals surface area contributed by atoms with Crippen LogP contribution in [0.1, 0.15) is 339 Å². The Kier molecular flexibility index (Phi) is 34.6. The first-order valence-corrected chi connectivity index (χ1v) is 48.1. The molecule has 0 fully saturated rings. The summed E-state index contributed by atoms with van der Waals surface area (Å²) < 4.78 is 0. The summed E-state index contributed by atoms with van der Waals surface area (Å²) in [5, 5.41) is 19.9. The lowest BCUT2D eigenvalue weighted by atomic mass is 9.98. The van der Waals surface area contributed by atoms with Gasteiger partial charge < -0.3 is 20.0 Å². The maximum Gasteiger partial charge on any atom is 0.335 e. The van der Waals surface area contributed by atoms with Crippen molar-refractivity contribution in [3.05, 3.63) is 150 Å². The molecule has 2 unspecified atom stereocenters. The zero-order valence-electron chi connectivity index (χ0n) is 68.4. The van der Waals surface area contributed by atoms with Crippen molar-refractivity contribution >= 4 is 103 Å². The van der Waals surface area contributed by atoms with Crippen molar-refractivity contribution in [1.82, 2.24) is 9.80 Å². The first-order valence-electron chi connectivity index (χ1n) is 43.2. The van der Waals surface area contributed by atoms with E-state index >= 15 is 9.59 Å². The second-order valence-corrected chi connectivity index (χ2v) is 37.8. The lowest BCUT2D eigenvalue weighted by Crippen LogP contribution is -2.34. The normalized spacial score (nSPS) is 13.7. The average Bonchev–Trinajstić information content (AvgIpc) is 1.55. The third-order valence-corrected chi connectivity index (χ3v) is 30.8. The monoisotopic (exact) mass is 1600 g/mol. The Balaban J connectivity index is 1.18. The number of rotatable bonds is 52. The van der Waals surface area contributed by atoms with E-state index in [4.69, 9.17) is 0 Å². The predicted octanol–water partition coefficient (Wildman–Crippen LogP) is 30.4. The Bertz CT molecular complexity index is 4060. The van der Waals surface area contributed by atoms with Gasteiger partial charge in [0.2, 0.25) is 0 Å². The van der Waals surface area contributed by atoms with E-state index in [1.54, 1.807) is 24.3 Å². The van der Waals surface area contributed by atoms with Gasteiger partial charge in [-0.1, -0.05) is 248 Å². The number of carbonyl (C=O) groups excluding carboxylic acids is 2. The van der Waals surface area contributed by atoms with Gasteiger partial charge in [0.15, 0.2) is 0 Å². The molecule has 0 aliphatic carbocycles. The van der Waals surface area contributed by atoms with Crippen LogP contribution in [-0.2, 0) is 48.1 Å². The van der Waals surface area contributed by atoms with Gasteiger partial charge in [-0.25, -0.2) is 9.59 Å². The fraction of sp³-hybridized carbons (Fsp3) is 0.542. The number of thiophene rings is 6. The Morgan fingerprint density at radius 2 is 0.545 bits per heavy atom. The standard InChI is InChI=1S/C96H128N2O6S6/c1-11-21-29-35-43-71-59-79(107-87(71)67-49-53-69(54-50-67)95(101)102)91-75(47-39-33-25-15-5)61-81(109-91)89-73(45-37-31-23-13-3)57-77(105-89)85-83-84(94(100)97(85)63-65(19-9)41-27-17-7)86(98(93(83)99)64-66(20-10)42-28-18-8)78-58-74(46-38-32-24-14-4)90(106-78)82-62-76(48-40-34-26-16-6)92(110-82)80-60-72(44-36-30-22-12-2)88(108-80)68-51-55-70(56-52-68)96(103)104/h49-62,65-66H,11-48,63-64H2,1-10H3,(H,101,102)(H,103,104). The molecular weight excluding hydrogens is 1470 g/mol. The van der Waals surface area contributed by atoms with Crippen molar-refractivity contribution in [1.29, 1.82) is 0 Å². The van der Waals surface area contributed by atoms with Crippen LogP contribution < -0.4 is 0 Å². The summed E-state index contributed by atoms with van der Waals surface area (Å²) in [7, 11) is 0. The number of hydrogen-bond acceptors (Lipinski definition) is 10. The minimum absolute atomic E-state index is 0.0231. The summed E-state index contributed by atoms with van der Waals surface area (Å²) in [5.74, 6) is -1.35. The highest BCUT2D eigenvalue weighted by Gasteiger charge is 2.50. The van der Waals surface area contributed by atoms with Crippen LogP contribution in [0.15, 0.2) is 96.1 Å². The summed E-state index contributed by atoms with van der Waals surface area (Å²) in [6, 6.07) is 29.9. The molecule has 0 saturated carbocycles. The predicted molar refractivity (Wildman–Crippen MR) is 478 cm³/mol. The fourth-order valence-electron chi connectivity index (χ4n) is 16.3. The van der Waals surface area contributed by atoms with Gasteiger partial charge >= 0.3 is 11.9 Å². The summed E-state index contributed by atoms with van der Waals surface area (Å²) in [6.45, 7) is 23.9. The van der Waals surface area contributed by atoms with Crippen LogP contribution in [0, 0.1) is 11.8 Å². The van der Waals surface area contributed by atoms with Crippen LogP contribution in [0.4, 0.5) is 0 Å².